The molecule has 1 aliphatic rings. The van der Waals surface area contributed by atoms with Crippen LogP contribution in [0.1, 0.15) is 25.7 Å². The van der Waals surface area contributed by atoms with Gasteiger partial charge in [0.05, 0.1) is 19.4 Å². The number of urea groups is 1. The highest BCUT2D eigenvalue weighted by Crippen LogP contribution is 2.33. The first-order valence-corrected chi connectivity index (χ1v) is 11.3. The number of aromatic nitrogens is 2. The minimum atomic E-state index is -0.337. The number of methoxy groups -OCH3 is 1. The Bertz CT molecular complexity index is 1080. The fourth-order valence-electron chi connectivity index (χ4n) is 4.05. The number of aryl methyl sites for hydroxylation is 1. The van der Waals surface area contributed by atoms with Crippen LogP contribution in [0.15, 0.2) is 54.7 Å². The molecule has 33 heavy (non-hydrogen) atoms. The highest BCUT2D eigenvalue weighted by Gasteiger charge is 2.15. The maximum absolute atomic E-state index is 12.6. The molecule has 1 aromatic heterocycles. The summed E-state index contributed by atoms with van der Waals surface area (Å²) in [5.74, 6) is 1.45. The molecule has 1 aliphatic heterocycles. The lowest BCUT2D eigenvalue weighted by Crippen LogP contribution is -2.35. The Morgan fingerprint density at radius 3 is 2.73 bits per heavy atom. The second-order valence-corrected chi connectivity index (χ2v) is 8.15. The number of carbonyl (C=O) groups excluding carboxylic acids is 1. The zero-order chi connectivity index (χ0) is 23.0. The number of rotatable bonds is 8. The Morgan fingerprint density at radius 1 is 1.15 bits per heavy atom. The molecule has 1 saturated heterocycles. The summed E-state index contributed by atoms with van der Waals surface area (Å²) in [6, 6.07) is 15.0. The van der Waals surface area contributed by atoms with E-state index in [-0.39, 0.29) is 6.03 Å². The van der Waals surface area contributed by atoms with Crippen molar-refractivity contribution in [3.05, 3.63) is 54.7 Å². The lowest BCUT2D eigenvalue weighted by atomic mass is 10.0. The first-order valence-electron chi connectivity index (χ1n) is 11.3. The molecular weight excluding hydrogens is 418 g/mol. The van der Waals surface area contributed by atoms with Gasteiger partial charge in [0.15, 0.2) is 0 Å². The largest absolute Gasteiger partial charge is 0.497 e. The zero-order valence-electron chi connectivity index (χ0n) is 19.1. The lowest BCUT2D eigenvalue weighted by molar-refractivity contribution is 0.262. The summed E-state index contributed by atoms with van der Waals surface area (Å²) in [7, 11) is 3.48. The Balaban J connectivity index is 1.46. The number of hydrogen-bond donors (Lipinski definition) is 3. The second-order valence-electron chi connectivity index (χ2n) is 8.15. The van der Waals surface area contributed by atoms with Gasteiger partial charge in [-0.15, -0.1) is 0 Å². The quantitative estimate of drug-likeness (QED) is 0.466. The molecule has 3 aromatic rings. The number of amides is 2. The predicted octanol–water partition coefficient (Wildman–Crippen LogP) is 4.65. The summed E-state index contributed by atoms with van der Waals surface area (Å²) in [4.78, 5) is 12.6. The molecule has 4 rings (SSSR count). The van der Waals surface area contributed by atoms with Crippen molar-refractivity contribution in [1.82, 2.24) is 15.1 Å². The van der Waals surface area contributed by atoms with E-state index in [4.69, 9.17) is 9.47 Å². The van der Waals surface area contributed by atoms with Gasteiger partial charge in [-0.3, -0.25) is 4.68 Å². The number of ether oxygens (including phenoxy) is 2. The number of nitrogens with zero attached hydrogens (tertiary/aromatic N) is 2. The van der Waals surface area contributed by atoms with E-state index < -0.39 is 0 Å². The summed E-state index contributed by atoms with van der Waals surface area (Å²) in [5, 5.41) is 13.6. The van der Waals surface area contributed by atoms with E-state index in [9.17, 15) is 4.79 Å². The van der Waals surface area contributed by atoms with Crippen LogP contribution in [0.25, 0.3) is 11.3 Å². The van der Waals surface area contributed by atoms with Gasteiger partial charge in [0.25, 0.3) is 0 Å². The molecule has 0 bridgehead atoms. The number of benzene rings is 2. The summed E-state index contributed by atoms with van der Waals surface area (Å²) < 4.78 is 13.2. The molecule has 0 radical (unpaired) electrons. The molecule has 174 valence electrons. The van der Waals surface area contributed by atoms with E-state index in [0.717, 1.165) is 30.0 Å². The smallest absolute Gasteiger partial charge is 0.323 e. The van der Waals surface area contributed by atoms with Crippen LogP contribution in [-0.4, -0.2) is 42.1 Å². The van der Waals surface area contributed by atoms with Gasteiger partial charge in [-0.05, 0) is 62.2 Å². The maximum atomic E-state index is 12.6. The molecule has 1 atom stereocenters. The van der Waals surface area contributed by atoms with Crippen molar-refractivity contribution in [3.63, 3.8) is 0 Å². The Hall–Kier alpha value is -3.52. The molecule has 2 amide bonds. The van der Waals surface area contributed by atoms with Gasteiger partial charge in [-0.1, -0.05) is 12.5 Å². The van der Waals surface area contributed by atoms with E-state index in [1.54, 1.807) is 30.1 Å². The molecule has 8 nitrogen and oxygen atoms in total. The van der Waals surface area contributed by atoms with Crippen LogP contribution in [0.3, 0.4) is 0 Å². The number of piperidine rings is 1. The third-order valence-corrected chi connectivity index (χ3v) is 5.80. The van der Waals surface area contributed by atoms with E-state index >= 15 is 0 Å². The maximum Gasteiger partial charge on any atom is 0.323 e. The standard InChI is InChI=1S/C25H31N5O3/c1-30-23(11-14-27-30)22-17-20(29-25(31)28-19-7-5-8-21(16-19)32-2)9-10-24(22)33-15-12-18-6-3-4-13-26-18/h5,7-11,14,16-18,26H,3-4,6,12-13,15H2,1-2H3,(H2,28,29,31). The van der Waals surface area contributed by atoms with Crippen LogP contribution < -0.4 is 25.4 Å². The van der Waals surface area contributed by atoms with Crippen molar-refractivity contribution in [2.45, 2.75) is 31.7 Å². The van der Waals surface area contributed by atoms with E-state index in [1.807, 2.05) is 43.4 Å². The average Bonchev–Trinajstić information content (AvgIpc) is 3.26. The fraction of sp³-hybridized carbons (Fsp3) is 0.360. The van der Waals surface area contributed by atoms with Crippen LogP contribution >= 0.6 is 0 Å². The highest BCUT2D eigenvalue weighted by molar-refractivity contribution is 6.00. The minimum Gasteiger partial charge on any atom is -0.497 e. The fourth-order valence-corrected chi connectivity index (χ4v) is 4.05. The van der Waals surface area contributed by atoms with Crippen molar-refractivity contribution < 1.29 is 14.3 Å². The average molecular weight is 450 g/mol. The number of hydrogen-bond acceptors (Lipinski definition) is 5. The summed E-state index contributed by atoms with van der Waals surface area (Å²) in [6.07, 6.45) is 6.44. The molecule has 8 heteroatoms. The Morgan fingerprint density at radius 2 is 2.00 bits per heavy atom. The van der Waals surface area contributed by atoms with Gasteiger partial charge in [0.2, 0.25) is 0 Å². The Labute approximate surface area is 194 Å². The van der Waals surface area contributed by atoms with Crippen LogP contribution in [-0.2, 0) is 7.05 Å². The van der Waals surface area contributed by atoms with Gasteiger partial charge in [-0.25, -0.2) is 4.79 Å². The van der Waals surface area contributed by atoms with Crippen LogP contribution in [0.4, 0.5) is 16.2 Å². The van der Waals surface area contributed by atoms with E-state index in [2.05, 4.69) is 21.0 Å². The molecule has 0 aliphatic carbocycles. The topological polar surface area (TPSA) is 89.4 Å². The van der Waals surface area contributed by atoms with Gasteiger partial charge in [-0.2, -0.15) is 5.10 Å². The molecule has 0 saturated carbocycles. The molecule has 1 fully saturated rings. The van der Waals surface area contributed by atoms with Crippen molar-refractivity contribution in [3.8, 4) is 22.8 Å². The monoisotopic (exact) mass is 449 g/mol. The van der Waals surface area contributed by atoms with Crippen LogP contribution in [0, 0.1) is 0 Å². The lowest BCUT2D eigenvalue weighted by Gasteiger charge is -2.23. The minimum absolute atomic E-state index is 0.337. The number of carbonyl (C=O) groups is 1. The van der Waals surface area contributed by atoms with Gasteiger partial charge < -0.3 is 25.4 Å². The van der Waals surface area contributed by atoms with Crippen LogP contribution in [0.5, 0.6) is 11.5 Å². The third-order valence-electron chi connectivity index (χ3n) is 5.80. The molecular formula is C25H31N5O3. The number of nitrogens with one attached hydrogen (secondary N) is 3. The Kier molecular flexibility index (Phi) is 7.47. The van der Waals surface area contributed by atoms with Crippen molar-refractivity contribution in [1.29, 1.82) is 0 Å². The molecule has 0 spiro atoms. The molecule has 2 aromatic carbocycles. The van der Waals surface area contributed by atoms with E-state index in [0.29, 0.717) is 29.8 Å². The summed E-state index contributed by atoms with van der Waals surface area (Å²) in [6.45, 7) is 1.72. The molecule has 3 N–H and O–H groups in total. The molecule has 2 heterocycles. The zero-order valence-corrected chi connectivity index (χ0v) is 19.1. The normalized spacial score (nSPS) is 15.6. The van der Waals surface area contributed by atoms with Crippen molar-refractivity contribution in [2.75, 3.05) is 30.9 Å². The summed E-state index contributed by atoms with van der Waals surface area (Å²) in [5.41, 5.74) is 3.10. The second kappa shape index (κ2) is 10.9. The highest BCUT2D eigenvalue weighted by atomic mass is 16.5. The SMILES string of the molecule is COc1cccc(NC(=O)Nc2ccc(OCCC3CCCCN3)c(-c3ccnn3C)c2)c1. The first kappa shape index (κ1) is 22.7. The molecule has 1 unspecified atom stereocenters. The van der Waals surface area contributed by atoms with Gasteiger partial charge >= 0.3 is 6.03 Å². The van der Waals surface area contributed by atoms with Gasteiger partial charge in [0.1, 0.15) is 11.5 Å². The van der Waals surface area contributed by atoms with Crippen molar-refractivity contribution >= 4 is 17.4 Å². The van der Waals surface area contributed by atoms with Crippen LogP contribution in [0.2, 0.25) is 0 Å². The van der Waals surface area contributed by atoms with Crippen molar-refractivity contribution in [2.24, 2.45) is 7.05 Å². The third kappa shape index (κ3) is 6.04. The predicted molar refractivity (Wildman–Crippen MR) is 130 cm³/mol. The number of anilines is 2. The van der Waals surface area contributed by atoms with Gasteiger partial charge in [0, 0.05) is 42.3 Å². The summed E-state index contributed by atoms with van der Waals surface area (Å²) >= 11 is 0. The van der Waals surface area contributed by atoms with E-state index in [1.165, 1.54) is 19.3 Å². The first-order chi connectivity index (χ1) is 16.1.